The number of carbonyl (C=O) groups is 2. The zero-order chi connectivity index (χ0) is 18.9. The molecule has 0 aromatic heterocycles. The van der Waals surface area contributed by atoms with Crippen molar-refractivity contribution in [2.24, 2.45) is 11.3 Å². The third kappa shape index (κ3) is 3.49. The van der Waals surface area contributed by atoms with Crippen LogP contribution in [0.1, 0.15) is 36.8 Å². The molecule has 146 valence electrons. The Kier molecular flexibility index (Phi) is 5.22. The van der Waals surface area contributed by atoms with E-state index < -0.39 is 0 Å². The van der Waals surface area contributed by atoms with E-state index in [0.717, 1.165) is 30.6 Å². The number of hydrogen-bond donors (Lipinski definition) is 1. The monoisotopic (exact) mass is 369 g/mol. The van der Waals surface area contributed by atoms with Crippen molar-refractivity contribution in [2.45, 2.75) is 39.0 Å². The lowest BCUT2D eigenvalue weighted by molar-refractivity contribution is -0.149. The summed E-state index contributed by atoms with van der Waals surface area (Å²) < 4.78 is 0. The Morgan fingerprint density at radius 2 is 1.85 bits per heavy atom. The first-order chi connectivity index (χ1) is 13.1. The minimum absolute atomic E-state index is 0.174. The minimum atomic E-state index is -0.175. The first-order valence-corrected chi connectivity index (χ1v) is 10.4. The zero-order valence-electron chi connectivity index (χ0n) is 16.4. The molecule has 3 aliphatic rings. The number of nitrogens with one attached hydrogen (secondary N) is 1. The Hall–Kier alpha value is -1.88. The van der Waals surface area contributed by atoms with Crippen molar-refractivity contribution in [2.75, 3.05) is 39.3 Å². The third-order valence-corrected chi connectivity index (χ3v) is 6.99. The molecule has 0 unspecified atom stereocenters. The van der Waals surface area contributed by atoms with Crippen molar-refractivity contribution in [1.82, 2.24) is 15.1 Å². The summed E-state index contributed by atoms with van der Waals surface area (Å²) in [6.45, 7) is 6.53. The summed E-state index contributed by atoms with van der Waals surface area (Å²) in [6, 6.07) is 8.07. The third-order valence-electron chi connectivity index (χ3n) is 6.99. The van der Waals surface area contributed by atoms with E-state index in [-0.39, 0.29) is 11.3 Å². The van der Waals surface area contributed by atoms with Gasteiger partial charge in [0.2, 0.25) is 11.8 Å². The number of nitrogens with zero attached hydrogens (tertiary/aromatic N) is 2. The lowest BCUT2D eigenvalue weighted by atomic mass is 9.67. The summed E-state index contributed by atoms with van der Waals surface area (Å²) in [7, 11) is 0. The first-order valence-electron chi connectivity index (χ1n) is 10.4. The summed E-state index contributed by atoms with van der Waals surface area (Å²) in [5.74, 6) is 1.01. The van der Waals surface area contributed by atoms with Gasteiger partial charge in [0.15, 0.2) is 0 Å². The van der Waals surface area contributed by atoms with Crippen molar-refractivity contribution >= 4 is 11.8 Å². The second kappa shape index (κ2) is 7.63. The van der Waals surface area contributed by atoms with Gasteiger partial charge in [-0.2, -0.15) is 0 Å². The molecule has 1 saturated carbocycles. The van der Waals surface area contributed by atoms with E-state index in [1.165, 1.54) is 19.3 Å². The van der Waals surface area contributed by atoms with Gasteiger partial charge in [0, 0.05) is 32.7 Å². The van der Waals surface area contributed by atoms with Crippen LogP contribution in [0, 0.1) is 18.3 Å². The Bertz CT molecular complexity index is 711. The molecule has 4 rings (SSSR count). The number of benzene rings is 1. The average molecular weight is 370 g/mol. The van der Waals surface area contributed by atoms with Gasteiger partial charge < -0.3 is 15.1 Å². The molecule has 3 fully saturated rings. The Balaban J connectivity index is 1.35. The van der Waals surface area contributed by atoms with Gasteiger partial charge in [-0.05, 0) is 43.4 Å². The van der Waals surface area contributed by atoms with Crippen LogP contribution in [-0.4, -0.2) is 60.9 Å². The molecule has 27 heavy (non-hydrogen) atoms. The minimum Gasteiger partial charge on any atom is -0.339 e. The number of piperazine rings is 1. The highest BCUT2D eigenvalue weighted by Crippen LogP contribution is 2.45. The molecular weight excluding hydrogens is 338 g/mol. The summed E-state index contributed by atoms with van der Waals surface area (Å²) >= 11 is 0. The van der Waals surface area contributed by atoms with Crippen molar-refractivity contribution < 1.29 is 9.59 Å². The fourth-order valence-corrected chi connectivity index (χ4v) is 5.23. The fraction of sp³-hybridized carbons (Fsp3) is 0.636. The molecule has 0 spiro atoms. The lowest BCUT2D eigenvalue weighted by Gasteiger charge is -2.43. The van der Waals surface area contributed by atoms with Crippen LogP contribution in [0.5, 0.6) is 0 Å². The van der Waals surface area contributed by atoms with Gasteiger partial charge >= 0.3 is 0 Å². The molecule has 5 nitrogen and oxygen atoms in total. The van der Waals surface area contributed by atoms with Gasteiger partial charge in [0.1, 0.15) is 0 Å². The second-order valence-corrected chi connectivity index (χ2v) is 8.51. The standard InChI is InChI=1S/C22H31N3O2/c1-17-6-2-3-7-18(17)14-20(26)24-10-12-25(13-11-24)21(27)22-9-5-4-8-19(22)15-23-16-22/h2-3,6-7,19,23H,4-5,8-16H2,1H3/t19-,22+/m0/s1. The molecule has 1 aliphatic carbocycles. The van der Waals surface area contributed by atoms with Crippen LogP contribution >= 0.6 is 0 Å². The zero-order valence-corrected chi connectivity index (χ0v) is 16.4. The van der Waals surface area contributed by atoms with E-state index in [4.69, 9.17) is 0 Å². The topological polar surface area (TPSA) is 52.7 Å². The number of aryl methyl sites for hydroxylation is 1. The normalized spacial score (nSPS) is 28.1. The maximum Gasteiger partial charge on any atom is 0.230 e. The molecule has 0 bridgehead atoms. The van der Waals surface area contributed by atoms with Crippen LogP contribution in [0.2, 0.25) is 0 Å². The van der Waals surface area contributed by atoms with Crippen LogP contribution in [0.3, 0.4) is 0 Å². The van der Waals surface area contributed by atoms with Crippen LogP contribution in [0.15, 0.2) is 24.3 Å². The number of hydrogen-bond acceptors (Lipinski definition) is 3. The van der Waals surface area contributed by atoms with E-state index in [1.807, 2.05) is 28.0 Å². The molecule has 1 aromatic rings. The van der Waals surface area contributed by atoms with Crippen molar-refractivity contribution in [3.63, 3.8) is 0 Å². The Labute approximate surface area is 162 Å². The van der Waals surface area contributed by atoms with Gasteiger partial charge in [-0.25, -0.2) is 0 Å². The molecule has 2 amide bonds. The summed E-state index contributed by atoms with van der Waals surface area (Å²) in [5, 5.41) is 3.47. The maximum atomic E-state index is 13.4. The summed E-state index contributed by atoms with van der Waals surface area (Å²) in [5.41, 5.74) is 2.09. The Morgan fingerprint density at radius 1 is 1.11 bits per heavy atom. The molecule has 2 saturated heterocycles. The number of fused-ring (bicyclic) bond motifs is 1. The molecular formula is C22H31N3O2. The van der Waals surface area contributed by atoms with Gasteiger partial charge in [0.25, 0.3) is 0 Å². The van der Waals surface area contributed by atoms with E-state index in [0.29, 0.717) is 44.4 Å². The van der Waals surface area contributed by atoms with Crippen LogP contribution in [0.25, 0.3) is 0 Å². The fourth-order valence-electron chi connectivity index (χ4n) is 5.23. The summed E-state index contributed by atoms with van der Waals surface area (Å²) in [6.07, 6.45) is 5.07. The largest absolute Gasteiger partial charge is 0.339 e. The van der Waals surface area contributed by atoms with E-state index in [9.17, 15) is 9.59 Å². The van der Waals surface area contributed by atoms with E-state index in [1.54, 1.807) is 0 Å². The van der Waals surface area contributed by atoms with Gasteiger partial charge in [-0.1, -0.05) is 37.1 Å². The lowest BCUT2D eigenvalue weighted by Crippen LogP contribution is -2.56. The van der Waals surface area contributed by atoms with Crippen molar-refractivity contribution in [3.05, 3.63) is 35.4 Å². The molecule has 5 heteroatoms. The SMILES string of the molecule is Cc1ccccc1CC(=O)N1CCN(C(=O)[C@@]23CCCC[C@H]2CNC3)CC1. The van der Waals surface area contributed by atoms with Crippen molar-refractivity contribution in [1.29, 1.82) is 0 Å². The number of rotatable bonds is 3. The first kappa shape index (κ1) is 18.5. The van der Waals surface area contributed by atoms with Crippen LogP contribution in [-0.2, 0) is 16.0 Å². The van der Waals surface area contributed by atoms with Gasteiger partial charge in [0.05, 0.1) is 11.8 Å². The highest BCUT2D eigenvalue weighted by atomic mass is 16.2. The highest BCUT2D eigenvalue weighted by Gasteiger charge is 2.51. The molecule has 2 atom stereocenters. The predicted octanol–water partition coefficient (Wildman–Crippen LogP) is 1.99. The average Bonchev–Trinajstić information content (AvgIpc) is 3.14. The van der Waals surface area contributed by atoms with E-state index in [2.05, 4.69) is 18.3 Å². The number of carbonyl (C=O) groups excluding carboxylic acids is 2. The second-order valence-electron chi connectivity index (χ2n) is 8.51. The smallest absolute Gasteiger partial charge is 0.230 e. The predicted molar refractivity (Wildman–Crippen MR) is 105 cm³/mol. The van der Waals surface area contributed by atoms with Gasteiger partial charge in [-0.15, -0.1) is 0 Å². The highest BCUT2D eigenvalue weighted by molar-refractivity contribution is 5.85. The van der Waals surface area contributed by atoms with Gasteiger partial charge in [-0.3, -0.25) is 9.59 Å². The molecule has 1 aromatic carbocycles. The molecule has 1 N–H and O–H groups in total. The van der Waals surface area contributed by atoms with E-state index >= 15 is 0 Å². The Morgan fingerprint density at radius 3 is 2.63 bits per heavy atom. The number of amides is 2. The molecule has 2 heterocycles. The quantitative estimate of drug-likeness (QED) is 0.887. The van der Waals surface area contributed by atoms with Crippen LogP contribution in [0.4, 0.5) is 0 Å². The molecule has 0 radical (unpaired) electrons. The maximum absolute atomic E-state index is 13.4. The summed E-state index contributed by atoms with van der Waals surface area (Å²) in [4.78, 5) is 30.0. The van der Waals surface area contributed by atoms with Crippen molar-refractivity contribution in [3.8, 4) is 0 Å². The molecule has 2 aliphatic heterocycles. The van der Waals surface area contributed by atoms with Crippen LogP contribution < -0.4 is 5.32 Å².